The lowest BCUT2D eigenvalue weighted by Gasteiger charge is -2.04. The molecule has 2 rings (SSSR count). The summed E-state index contributed by atoms with van der Waals surface area (Å²) in [5, 5.41) is 1.34. The topological polar surface area (TPSA) is 0 Å². The second kappa shape index (κ2) is 5.48. The number of hydrogen-bond acceptors (Lipinski definition) is 0. The van der Waals surface area contributed by atoms with Gasteiger partial charge in [-0.2, -0.15) is 0 Å². The Morgan fingerprint density at radius 1 is 0.625 bits per heavy atom. The molecule has 0 radical (unpaired) electrons. The van der Waals surface area contributed by atoms with E-state index in [1.54, 1.807) is 36.4 Å². The van der Waals surface area contributed by atoms with Gasteiger partial charge in [0.1, 0.15) is 11.6 Å². The number of halogens is 2. The average Bonchev–Trinajstić information content (AvgIpc) is 2.30. The van der Waals surface area contributed by atoms with E-state index in [2.05, 4.69) is 0 Å². The van der Waals surface area contributed by atoms with E-state index in [-0.39, 0.29) is 28.2 Å². The van der Waals surface area contributed by atoms with Crippen molar-refractivity contribution in [3.8, 4) is 0 Å². The van der Waals surface area contributed by atoms with Crippen LogP contribution < -0.4 is 10.6 Å². The predicted octanol–water partition coefficient (Wildman–Crippen LogP) is 3.19. The molecule has 0 aliphatic carbocycles. The highest BCUT2D eigenvalue weighted by molar-refractivity contribution is 8.18. The first-order valence-corrected chi connectivity index (χ1v) is 7.78. The molecule has 0 aliphatic heterocycles. The second-order valence-electron chi connectivity index (χ2n) is 3.21. The Morgan fingerprint density at radius 2 is 1.00 bits per heavy atom. The van der Waals surface area contributed by atoms with Crippen LogP contribution in [-0.4, -0.2) is 0 Å². The van der Waals surface area contributed by atoms with Crippen molar-refractivity contribution in [3.05, 3.63) is 60.2 Å². The van der Waals surface area contributed by atoms with Crippen LogP contribution in [-0.2, 0) is 0 Å². The highest BCUT2D eigenvalue weighted by Gasteiger charge is 2.03. The maximum absolute atomic E-state index is 13.3. The van der Waals surface area contributed by atoms with Crippen molar-refractivity contribution in [2.45, 2.75) is 0 Å². The van der Waals surface area contributed by atoms with Gasteiger partial charge in [-0.25, -0.2) is 8.78 Å². The normalized spacial score (nSPS) is 11.9. The lowest BCUT2D eigenvalue weighted by molar-refractivity contribution is 0.636. The van der Waals surface area contributed by atoms with Gasteiger partial charge in [-0.3, -0.25) is 0 Å². The zero-order valence-corrected chi connectivity index (χ0v) is 10.4. The number of benzene rings is 2. The van der Waals surface area contributed by atoms with E-state index in [1.807, 2.05) is 0 Å². The summed E-state index contributed by atoms with van der Waals surface area (Å²) >= 11 is 0. The first-order valence-electron chi connectivity index (χ1n) is 4.78. The van der Waals surface area contributed by atoms with Gasteiger partial charge in [0.15, 0.2) is 0 Å². The fraction of sp³-hybridized carbons (Fsp3) is 0. The molecule has 4 heteroatoms. The largest absolute Gasteiger partial charge is 0.206 e. The molecule has 0 heterocycles. The van der Waals surface area contributed by atoms with Crippen LogP contribution in [0.25, 0.3) is 0 Å². The van der Waals surface area contributed by atoms with Gasteiger partial charge >= 0.3 is 0 Å². The molecule has 0 N–H and O–H groups in total. The molecule has 0 saturated heterocycles. The predicted molar refractivity (Wildman–Crippen MR) is 68.7 cm³/mol. The molecule has 2 aromatic carbocycles. The van der Waals surface area contributed by atoms with Crippen LogP contribution in [0, 0.1) is 11.6 Å². The van der Waals surface area contributed by atoms with Crippen molar-refractivity contribution in [1.82, 2.24) is 0 Å². The number of rotatable bonds is 3. The molecule has 0 saturated carbocycles. The molecule has 0 aromatic heterocycles. The highest BCUT2D eigenvalue weighted by Crippen LogP contribution is 2.36. The van der Waals surface area contributed by atoms with Crippen LogP contribution in [0.1, 0.15) is 0 Å². The van der Waals surface area contributed by atoms with Crippen molar-refractivity contribution in [2.75, 3.05) is 0 Å². The first-order chi connectivity index (χ1) is 7.77. The summed E-state index contributed by atoms with van der Waals surface area (Å²) in [6.45, 7) is 0. The standard InChI is InChI=1S/C12H10F2P2/c13-9-5-1-3-7-11(9)15-16-12-8-4-2-6-10(12)14/h1-8,15-16H. The summed E-state index contributed by atoms with van der Waals surface area (Å²) in [6.07, 6.45) is 0. The van der Waals surface area contributed by atoms with Crippen LogP contribution in [0.15, 0.2) is 48.5 Å². The summed E-state index contributed by atoms with van der Waals surface area (Å²) in [6, 6.07) is 13.3. The third-order valence-corrected chi connectivity index (χ3v) is 5.55. The molecule has 0 aliphatic rings. The van der Waals surface area contributed by atoms with Crippen molar-refractivity contribution >= 4 is 27.1 Å². The third kappa shape index (κ3) is 2.84. The van der Waals surface area contributed by atoms with E-state index >= 15 is 0 Å². The minimum Gasteiger partial charge on any atom is -0.206 e. The lowest BCUT2D eigenvalue weighted by Crippen LogP contribution is -2.02. The average molecular weight is 254 g/mol. The molecule has 0 fully saturated rings. The highest BCUT2D eigenvalue weighted by atomic mass is 32.0. The monoisotopic (exact) mass is 254 g/mol. The fourth-order valence-electron chi connectivity index (χ4n) is 1.26. The minimum absolute atomic E-state index is 0.204. The first kappa shape index (κ1) is 11.6. The van der Waals surface area contributed by atoms with Crippen molar-refractivity contribution in [1.29, 1.82) is 0 Å². The molecule has 2 aromatic rings. The Kier molecular flexibility index (Phi) is 3.98. The van der Waals surface area contributed by atoms with Crippen LogP contribution in [0.2, 0.25) is 0 Å². The molecule has 16 heavy (non-hydrogen) atoms. The molecule has 0 amide bonds. The lowest BCUT2D eigenvalue weighted by atomic mass is 10.3. The Morgan fingerprint density at radius 3 is 1.38 bits per heavy atom. The van der Waals surface area contributed by atoms with Gasteiger partial charge < -0.3 is 0 Å². The van der Waals surface area contributed by atoms with E-state index in [4.69, 9.17) is 0 Å². The summed E-state index contributed by atoms with van der Waals surface area (Å²) in [5.41, 5.74) is 0. The van der Waals surface area contributed by atoms with E-state index in [9.17, 15) is 8.78 Å². The Hall–Kier alpha value is -0.840. The number of hydrogen-bond donors (Lipinski definition) is 0. The fourth-order valence-corrected chi connectivity index (χ4v) is 4.32. The molecule has 0 spiro atoms. The van der Waals surface area contributed by atoms with Gasteiger partial charge in [-0.15, -0.1) is 0 Å². The summed E-state index contributed by atoms with van der Waals surface area (Å²) in [5.74, 6) is -0.408. The summed E-state index contributed by atoms with van der Waals surface area (Å²) in [7, 11) is 0.580. The molecule has 2 atom stereocenters. The summed E-state index contributed by atoms with van der Waals surface area (Å²) < 4.78 is 26.6. The summed E-state index contributed by atoms with van der Waals surface area (Å²) in [4.78, 5) is 0. The SMILES string of the molecule is Fc1ccccc1PPc1ccccc1F. The van der Waals surface area contributed by atoms with Gasteiger partial charge in [0.2, 0.25) is 0 Å². The van der Waals surface area contributed by atoms with Crippen LogP contribution >= 0.6 is 16.5 Å². The van der Waals surface area contributed by atoms with E-state index in [1.165, 1.54) is 12.1 Å². The molecule has 0 bridgehead atoms. The molecule has 2 unspecified atom stereocenters. The quantitative estimate of drug-likeness (QED) is 0.738. The van der Waals surface area contributed by atoms with Crippen molar-refractivity contribution in [2.24, 2.45) is 0 Å². The van der Waals surface area contributed by atoms with Crippen LogP contribution in [0.5, 0.6) is 0 Å². The maximum atomic E-state index is 13.3. The van der Waals surface area contributed by atoms with E-state index < -0.39 is 0 Å². The van der Waals surface area contributed by atoms with Gasteiger partial charge in [0.25, 0.3) is 0 Å². The zero-order chi connectivity index (χ0) is 11.4. The van der Waals surface area contributed by atoms with Crippen molar-refractivity contribution in [3.63, 3.8) is 0 Å². The van der Waals surface area contributed by atoms with Gasteiger partial charge in [0, 0.05) is 10.6 Å². The van der Waals surface area contributed by atoms with Gasteiger partial charge in [-0.05, 0) is 12.1 Å². The van der Waals surface area contributed by atoms with E-state index in [0.29, 0.717) is 10.6 Å². The Balaban J connectivity index is 2.09. The molecular weight excluding hydrogens is 244 g/mol. The zero-order valence-electron chi connectivity index (χ0n) is 8.37. The smallest absolute Gasteiger partial charge is 0.130 e. The maximum Gasteiger partial charge on any atom is 0.130 e. The van der Waals surface area contributed by atoms with E-state index in [0.717, 1.165) is 0 Å². The Bertz CT molecular complexity index is 440. The van der Waals surface area contributed by atoms with Crippen LogP contribution in [0.4, 0.5) is 8.78 Å². The van der Waals surface area contributed by atoms with Crippen LogP contribution in [0.3, 0.4) is 0 Å². The third-order valence-electron chi connectivity index (χ3n) is 2.08. The molecular formula is C12H10F2P2. The second-order valence-corrected chi connectivity index (χ2v) is 6.29. The Labute approximate surface area is 96.5 Å². The molecule has 82 valence electrons. The molecule has 0 nitrogen and oxygen atoms in total. The minimum atomic E-state index is -0.204. The van der Waals surface area contributed by atoms with Gasteiger partial charge in [-0.1, -0.05) is 52.9 Å². The van der Waals surface area contributed by atoms with Gasteiger partial charge in [0.05, 0.1) is 0 Å². The van der Waals surface area contributed by atoms with Crippen molar-refractivity contribution < 1.29 is 8.78 Å².